The zero-order chi connectivity index (χ0) is 9.97. The third-order valence-electron chi connectivity index (χ3n) is 2.96. The summed E-state index contributed by atoms with van der Waals surface area (Å²) in [4.78, 5) is 0. The van der Waals surface area contributed by atoms with Crippen molar-refractivity contribution in [3.05, 3.63) is 34.3 Å². The summed E-state index contributed by atoms with van der Waals surface area (Å²) >= 11 is 3.59. The summed E-state index contributed by atoms with van der Waals surface area (Å²) in [6, 6.07) is 9.64. The quantitative estimate of drug-likeness (QED) is 0.868. The van der Waals surface area contributed by atoms with Crippen molar-refractivity contribution < 1.29 is 0 Å². The molecule has 0 aromatic heterocycles. The molecule has 1 aliphatic rings. The highest BCUT2D eigenvalue weighted by atomic mass is 79.9. The molecule has 0 radical (unpaired) electrons. The third-order valence-corrected chi connectivity index (χ3v) is 3.68. The average molecular weight is 254 g/mol. The normalized spacial score (nSPS) is 19.0. The van der Waals surface area contributed by atoms with Crippen LogP contribution in [-0.4, -0.2) is 6.04 Å². The lowest BCUT2D eigenvalue weighted by atomic mass is 9.92. The van der Waals surface area contributed by atoms with E-state index in [2.05, 4.69) is 52.4 Å². The van der Waals surface area contributed by atoms with Crippen molar-refractivity contribution in [3.8, 4) is 0 Å². The molecule has 1 N–H and O–H groups in total. The molecule has 0 bridgehead atoms. The first-order valence-corrected chi connectivity index (χ1v) is 6.07. The van der Waals surface area contributed by atoms with Gasteiger partial charge < -0.3 is 5.32 Å². The monoisotopic (exact) mass is 253 g/mol. The number of hydrogen-bond donors (Lipinski definition) is 1. The van der Waals surface area contributed by atoms with Crippen LogP contribution in [0, 0.1) is 0 Å². The van der Waals surface area contributed by atoms with Crippen molar-refractivity contribution >= 4 is 15.9 Å². The fourth-order valence-corrected chi connectivity index (χ4v) is 2.47. The van der Waals surface area contributed by atoms with E-state index in [4.69, 9.17) is 0 Å². The van der Waals surface area contributed by atoms with Crippen LogP contribution in [0.4, 0.5) is 0 Å². The molecule has 0 saturated heterocycles. The molecular formula is C12H16BrN. The predicted octanol–water partition coefficient (Wildman–Crippen LogP) is 3.65. The van der Waals surface area contributed by atoms with Gasteiger partial charge in [0.1, 0.15) is 0 Å². The van der Waals surface area contributed by atoms with Crippen LogP contribution in [0.15, 0.2) is 28.7 Å². The first-order chi connectivity index (χ1) is 6.77. The minimum atomic E-state index is 0.455. The highest BCUT2D eigenvalue weighted by Crippen LogP contribution is 2.26. The molecule has 0 spiro atoms. The van der Waals surface area contributed by atoms with Crippen molar-refractivity contribution in [1.29, 1.82) is 0 Å². The smallest absolute Gasteiger partial charge is 0.0305 e. The summed E-state index contributed by atoms with van der Waals surface area (Å²) in [5.74, 6) is 0. The Balaban J connectivity index is 2.02. The molecule has 0 aliphatic heterocycles. The van der Waals surface area contributed by atoms with Crippen molar-refractivity contribution in [1.82, 2.24) is 5.32 Å². The molecule has 2 rings (SSSR count). The Morgan fingerprint density at radius 1 is 1.36 bits per heavy atom. The summed E-state index contributed by atoms with van der Waals surface area (Å²) in [5.41, 5.74) is 1.36. The van der Waals surface area contributed by atoms with Crippen LogP contribution >= 0.6 is 15.9 Å². The van der Waals surface area contributed by atoms with Crippen molar-refractivity contribution in [2.24, 2.45) is 0 Å². The van der Waals surface area contributed by atoms with Gasteiger partial charge in [-0.05, 0) is 31.4 Å². The largest absolute Gasteiger partial charge is 0.307 e. The lowest BCUT2D eigenvalue weighted by Gasteiger charge is -2.30. The van der Waals surface area contributed by atoms with E-state index in [9.17, 15) is 0 Å². The van der Waals surface area contributed by atoms with E-state index in [0.717, 1.165) is 6.04 Å². The van der Waals surface area contributed by atoms with E-state index in [-0.39, 0.29) is 0 Å². The standard InChI is InChI=1S/C12H16BrN/c1-9(14-10-5-4-6-10)11-7-2-3-8-12(11)13/h2-3,7-10,14H,4-6H2,1H3/t9-/m1/s1. The summed E-state index contributed by atoms with van der Waals surface area (Å²) in [6.45, 7) is 2.23. The van der Waals surface area contributed by atoms with E-state index in [1.165, 1.54) is 29.3 Å². The molecular weight excluding hydrogens is 238 g/mol. The summed E-state index contributed by atoms with van der Waals surface area (Å²) < 4.78 is 1.21. The van der Waals surface area contributed by atoms with Crippen LogP contribution in [-0.2, 0) is 0 Å². The highest BCUT2D eigenvalue weighted by molar-refractivity contribution is 9.10. The fraction of sp³-hybridized carbons (Fsp3) is 0.500. The molecule has 1 nitrogen and oxygen atoms in total. The fourth-order valence-electron chi connectivity index (χ4n) is 1.84. The molecule has 0 heterocycles. The Labute approximate surface area is 94.0 Å². The van der Waals surface area contributed by atoms with Crippen LogP contribution in [0.25, 0.3) is 0 Å². The first-order valence-electron chi connectivity index (χ1n) is 5.28. The van der Waals surface area contributed by atoms with Gasteiger partial charge in [-0.2, -0.15) is 0 Å². The SMILES string of the molecule is C[C@@H](NC1CCC1)c1ccccc1Br. The molecule has 1 atom stereocenters. The molecule has 2 heteroatoms. The van der Waals surface area contributed by atoms with Crippen LogP contribution < -0.4 is 5.32 Å². The number of nitrogens with one attached hydrogen (secondary N) is 1. The van der Waals surface area contributed by atoms with Gasteiger partial charge in [-0.15, -0.1) is 0 Å². The first kappa shape index (κ1) is 10.2. The lowest BCUT2D eigenvalue weighted by molar-refractivity contribution is 0.313. The van der Waals surface area contributed by atoms with Gasteiger partial charge in [-0.1, -0.05) is 40.5 Å². The zero-order valence-corrected chi connectivity index (χ0v) is 10.0. The van der Waals surface area contributed by atoms with Gasteiger partial charge in [0.05, 0.1) is 0 Å². The van der Waals surface area contributed by atoms with E-state index in [1.54, 1.807) is 0 Å². The van der Waals surface area contributed by atoms with Crippen LogP contribution in [0.2, 0.25) is 0 Å². The van der Waals surface area contributed by atoms with Gasteiger partial charge in [0.25, 0.3) is 0 Å². The zero-order valence-electron chi connectivity index (χ0n) is 8.46. The molecule has 1 saturated carbocycles. The molecule has 1 fully saturated rings. The molecule has 0 unspecified atom stereocenters. The molecule has 0 amide bonds. The molecule has 14 heavy (non-hydrogen) atoms. The van der Waals surface area contributed by atoms with Gasteiger partial charge in [0.15, 0.2) is 0 Å². The highest BCUT2D eigenvalue weighted by Gasteiger charge is 2.20. The molecule has 1 aromatic carbocycles. The van der Waals surface area contributed by atoms with Crippen LogP contribution in [0.5, 0.6) is 0 Å². The summed E-state index contributed by atoms with van der Waals surface area (Å²) in [5, 5.41) is 3.64. The van der Waals surface area contributed by atoms with E-state index >= 15 is 0 Å². The van der Waals surface area contributed by atoms with E-state index < -0.39 is 0 Å². The number of benzene rings is 1. The minimum absolute atomic E-state index is 0.455. The van der Waals surface area contributed by atoms with Crippen molar-refractivity contribution in [2.75, 3.05) is 0 Å². The van der Waals surface area contributed by atoms with Crippen molar-refractivity contribution in [2.45, 2.75) is 38.3 Å². The minimum Gasteiger partial charge on any atom is -0.307 e. The third kappa shape index (κ3) is 2.18. The second-order valence-electron chi connectivity index (χ2n) is 4.04. The Morgan fingerprint density at radius 2 is 2.07 bits per heavy atom. The Kier molecular flexibility index (Phi) is 3.24. The summed E-state index contributed by atoms with van der Waals surface area (Å²) in [6.07, 6.45) is 4.07. The van der Waals surface area contributed by atoms with Gasteiger partial charge in [0, 0.05) is 16.6 Å². The summed E-state index contributed by atoms with van der Waals surface area (Å²) in [7, 11) is 0. The lowest BCUT2D eigenvalue weighted by Crippen LogP contribution is -2.36. The topological polar surface area (TPSA) is 12.0 Å². The number of hydrogen-bond acceptors (Lipinski definition) is 1. The van der Waals surface area contributed by atoms with Gasteiger partial charge in [0.2, 0.25) is 0 Å². The van der Waals surface area contributed by atoms with E-state index in [0.29, 0.717) is 6.04 Å². The second kappa shape index (κ2) is 4.45. The van der Waals surface area contributed by atoms with Gasteiger partial charge in [-0.3, -0.25) is 0 Å². The van der Waals surface area contributed by atoms with Gasteiger partial charge in [-0.25, -0.2) is 0 Å². The Morgan fingerprint density at radius 3 is 2.64 bits per heavy atom. The Bertz CT molecular complexity index is 307. The second-order valence-corrected chi connectivity index (χ2v) is 4.89. The molecule has 76 valence electrons. The van der Waals surface area contributed by atoms with Crippen LogP contribution in [0.1, 0.15) is 37.8 Å². The number of halogens is 1. The van der Waals surface area contributed by atoms with Gasteiger partial charge >= 0.3 is 0 Å². The number of rotatable bonds is 3. The average Bonchev–Trinajstić information content (AvgIpc) is 2.12. The molecule has 1 aromatic rings. The maximum atomic E-state index is 3.64. The van der Waals surface area contributed by atoms with E-state index in [1.807, 2.05) is 0 Å². The van der Waals surface area contributed by atoms with Crippen LogP contribution in [0.3, 0.4) is 0 Å². The van der Waals surface area contributed by atoms with Crippen molar-refractivity contribution in [3.63, 3.8) is 0 Å². The maximum Gasteiger partial charge on any atom is 0.0305 e. The Hall–Kier alpha value is -0.340. The maximum absolute atomic E-state index is 3.64. The molecule has 1 aliphatic carbocycles. The predicted molar refractivity (Wildman–Crippen MR) is 63.3 cm³/mol.